The second kappa shape index (κ2) is 8.14. The van der Waals surface area contributed by atoms with Crippen molar-refractivity contribution in [2.75, 3.05) is 25.7 Å². The Morgan fingerprint density at radius 1 is 1.22 bits per heavy atom. The summed E-state index contributed by atoms with van der Waals surface area (Å²) in [5.74, 6) is -0.462. The predicted octanol–water partition coefficient (Wildman–Crippen LogP) is 2.17. The molecule has 144 valence electrons. The molecule has 0 heterocycles. The monoisotopic (exact) mass is 393 g/mol. The minimum Gasteiger partial charge on any atom is -0.495 e. The first-order valence-electron chi connectivity index (χ1n) is 7.76. The quantitative estimate of drug-likeness (QED) is 0.569. The first-order valence-corrected chi connectivity index (χ1v) is 9.61. The minimum absolute atomic E-state index is 0.0690. The number of hydrogen-bond acceptors (Lipinski definition) is 6. The van der Waals surface area contributed by atoms with Gasteiger partial charge < -0.3 is 10.1 Å². The van der Waals surface area contributed by atoms with Crippen LogP contribution in [0.2, 0.25) is 0 Å². The summed E-state index contributed by atoms with van der Waals surface area (Å²) in [6, 6.07) is 10.9. The largest absolute Gasteiger partial charge is 0.495 e. The van der Waals surface area contributed by atoms with E-state index in [1.807, 2.05) is 0 Å². The number of methoxy groups -OCH3 is 1. The maximum absolute atomic E-state index is 12.9. The Balaban J connectivity index is 2.45. The van der Waals surface area contributed by atoms with Gasteiger partial charge in [-0.15, -0.1) is 0 Å². The van der Waals surface area contributed by atoms with Crippen molar-refractivity contribution in [3.8, 4) is 5.75 Å². The molecule has 0 aliphatic rings. The second-order valence-corrected chi connectivity index (χ2v) is 7.77. The van der Waals surface area contributed by atoms with Crippen molar-refractivity contribution in [3.63, 3.8) is 0 Å². The molecule has 2 rings (SSSR count). The first kappa shape index (κ1) is 20.3. The number of hydrogen-bond donors (Lipinski definition) is 1. The molecular formula is C17H19N3O6S. The van der Waals surface area contributed by atoms with E-state index in [4.69, 9.17) is 4.74 Å². The molecule has 1 atom stereocenters. The number of carbonyl (C=O) groups is 1. The van der Waals surface area contributed by atoms with Gasteiger partial charge in [-0.3, -0.25) is 14.9 Å². The molecule has 0 aliphatic carbocycles. The van der Waals surface area contributed by atoms with Crippen LogP contribution in [0.15, 0.2) is 48.5 Å². The lowest BCUT2D eigenvalue weighted by Gasteiger charge is -2.26. The Morgan fingerprint density at radius 2 is 1.85 bits per heavy atom. The van der Waals surface area contributed by atoms with Crippen LogP contribution >= 0.6 is 0 Å². The summed E-state index contributed by atoms with van der Waals surface area (Å²) in [6.07, 6.45) is 0.990. The molecule has 0 spiro atoms. The highest BCUT2D eigenvalue weighted by atomic mass is 32.2. The average molecular weight is 393 g/mol. The number of sulfonamides is 1. The molecule has 0 bridgehead atoms. The highest BCUT2D eigenvalue weighted by molar-refractivity contribution is 7.88. The maximum Gasteiger partial charge on any atom is 0.271 e. The smallest absolute Gasteiger partial charge is 0.271 e. The van der Waals surface area contributed by atoms with Crippen LogP contribution in [0, 0.1) is 10.1 Å². The Morgan fingerprint density at radius 3 is 2.37 bits per heavy atom. The molecule has 0 aromatic heterocycles. The van der Waals surface area contributed by atoms with Crippen molar-refractivity contribution in [3.05, 3.63) is 64.2 Å². The van der Waals surface area contributed by atoms with E-state index in [-0.39, 0.29) is 17.1 Å². The molecule has 1 amide bonds. The predicted molar refractivity (Wildman–Crippen MR) is 100 cm³/mol. The summed E-state index contributed by atoms with van der Waals surface area (Å²) < 4.78 is 30.1. The molecule has 0 unspecified atom stereocenters. The number of nitro benzene ring substituents is 1. The number of benzene rings is 2. The van der Waals surface area contributed by atoms with Gasteiger partial charge in [-0.1, -0.05) is 30.3 Å². The highest BCUT2D eigenvalue weighted by Crippen LogP contribution is 2.31. The highest BCUT2D eigenvalue weighted by Gasteiger charge is 2.31. The lowest BCUT2D eigenvalue weighted by molar-refractivity contribution is -0.384. The van der Waals surface area contributed by atoms with Crippen molar-refractivity contribution in [2.45, 2.75) is 6.04 Å². The zero-order valence-corrected chi connectivity index (χ0v) is 15.8. The van der Waals surface area contributed by atoms with E-state index < -0.39 is 26.9 Å². The summed E-state index contributed by atoms with van der Waals surface area (Å²) in [5, 5.41) is 13.5. The fourth-order valence-electron chi connectivity index (χ4n) is 2.46. The molecule has 9 nitrogen and oxygen atoms in total. The van der Waals surface area contributed by atoms with E-state index in [0.29, 0.717) is 5.56 Å². The Kier molecular flexibility index (Phi) is 6.13. The SMILES string of the molecule is COc1ccc([N+](=O)[O-])cc1NC(=O)[C@H](c1ccccc1)N(C)S(C)(=O)=O. The van der Waals surface area contributed by atoms with Crippen LogP contribution in [0.1, 0.15) is 11.6 Å². The fourth-order valence-corrected chi connectivity index (χ4v) is 3.06. The number of rotatable bonds is 7. The maximum atomic E-state index is 12.9. The third-order valence-corrected chi connectivity index (χ3v) is 5.16. The van der Waals surface area contributed by atoms with Gasteiger partial charge in [-0.05, 0) is 11.6 Å². The standard InChI is InChI=1S/C17H19N3O6S/c1-19(27(3,24)25)16(12-7-5-4-6-8-12)17(21)18-14-11-13(20(22)23)9-10-15(14)26-2/h4-11,16H,1-3H3,(H,18,21)/t16-/m0/s1. The normalized spacial score (nSPS) is 12.4. The molecule has 2 aromatic carbocycles. The van der Waals surface area contributed by atoms with Crippen molar-refractivity contribution >= 4 is 27.3 Å². The summed E-state index contributed by atoms with van der Waals surface area (Å²) in [4.78, 5) is 23.3. The molecule has 0 saturated heterocycles. The number of non-ortho nitro benzene ring substituents is 1. The molecule has 2 aromatic rings. The Labute approximate surface area is 156 Å². The lowest BCUT2D eigenvalue weighted by atomic mass is 10.1. The first-order chi connectivity index (χ1) is 12.6. The number of nitrogens with zero attached hydrogens (tertiary/aromatic N) is 2. The molecular weight excluding hydrogens is 374 g/mol. The molecule has 27 heavy (non-hydrogen) atoms. The number of anilines is 1. The zero-order valence-electron chi connectivity index (χ0n) is 14.9. The van der Waals surface area contributed by atoms with E-state index in [1.165, 1.54) is 26.3 Å². The van der Waals surface area contributed by atoms with Crippen molar-refractivity contribution in [1.29, 1.82) is 0 Å². The van der Waals surface area contributed by atoms with Crippen LogP contribution in [-0.4, -0.2) is 44.0 Å². The zero-order chi connectivity index (χ0) is 20.2. The molecule has 0 aliphatic heterocycles. The van der Waals surface area contributed by atoms with E-state index in [1.54, 1.807) is 30.3 Å². The van der Waals surface area contributed by atoms with E-state index in [9.17, 15) is 23.3 Å². The van der Waals surface area contributed by atoms with Gasteiger partial charge in [0.15, 0.2) is 0 Å². The van der Waals surface area contributed by atoms with Crippen LogP contribution in [0.4, 0.5) is 11.4 Å². The Bertz CT molecular complexity index is 946. The molecule has 0 radical (unpaired) electrons. The lowest BCUT2D eigenvalue weighted by Crippen LogP contribution is -2.38. The summed E-state index contributed by atoms with van der Waals surface area (Å²) in [6.45, 7) is 0. The Hall–Kier alpha value is -2.98. The van der Waals surface area contributed by atoms with Crippen LogP contribution in [0.3, 0.4) is 0 Å². The summed E-state index contributed by atoms with van der Waals surface area (Å²) in [7, 11) is -1.05. The topological polar surface area (TPSA) is 119 Å². The van der Waals surface area contributed by atoms with Gasteiger partial charge in [0.25, 0.3) is 5.69 Å². The van der Waals surface area contributed by atoms with Crippen molar-refractivity contribution in [1.82, 2.24) is 4.31 Å². The van der Waals surface area contributed by atoms with Gasteiger partial charge in [0.1, 0.15) is 11.8 Å². The van der Waals surface area contributed by atoms with Crippen LogP contribution in [-0.2, 0) is 14.8 Å². The number of ether oxygens (including phenoxy) is 1. The van der Waals surface area contributed by atoms with E-state index in [2.05, 4.69) is 5.32 Å². The molecule has 0 saturated carbocycles. The van der Waals surface area contributed by atoms with Crippen molar-refractivity contribution < 1.29 is 22.9 Å². The average Bonchev–Trinajstić information content (AvgIpc) is 2.61. The number of carbonyl (C=O) groups excluding carboxylic acids is 1. The van der Waals surface area contributed by atoms with Gasteiger partial charge in [0, 0.05) is 19.2 Å². The number of nitrogens with one attached hydrogen (secondary N) is 1. The number of nitro groups is 1. The summed E-state index contributed by atoms with van der Waals surface area (Å²) in [5.41, 5.74) is 0.283. The van der Waals surface area contributed by atoms with Crippen LogP contribution in [0.5, 0.6) is 5.75 Å². The van der Waals surface area contributed by atoms with Gasteiger partial charge in [-0.25, -0.2) is 8.42 Å². The molecule has 10 heteroatoms. The summed E-state index contributed by atoms with van der Waals surface area (Å²) >= 11 is 0. The second-order valence-electron chi connectivity index (χ2n) is 5.72. The van der Waals surface area contributed by atoms with Crippen LogP contribution < -0.4 is 10.1 Å². The van der Waals surface area contributed by atoms with Gasteiger partial charge in [0.05, 0.1) is 24.0 Å². The molecule has 1 N–H and O–H groups in total. The third-order valence-electron chi connectivity index (χ3n) is 3.90. The van der Waals surface area contributed by atoms with E-state index in [0.717, 1.165) is 16.6 Å². The van der Waals surface area contributed by atoms with Gasteiger partial charge in [-0.2, -0.15) is 4.31 Å². The third kappa shape index (κ3) is 4.80. The van der Waals surface area contributed by atoms with Crippen molar-refractivity contribution in [2.24, 2.45) is 0 Å². The van der Waals surface area contributed by atoms with Crippen LogP contribution in [0.25, 0.3) is 0 Å². The number of likely N-dealkylation sites (N-methyl/N-ethyl adjacent to an activating group) is 1. The minimum atomic E-state index is -3.69. The number of amides is 1. The fraction of sp³-hybridized carbons (Fsp3) is 0.235. The molecule has 0 fully saturated rings. The van der Waals surface area contributed by atoms with Gasteiger partial charge >= 0.3 is 0 Å². The van der Waals surface area contributed by atoms with Gasteiger partial charge in [0.2, 0.25) is 15.9 Å². The van der Waals surface area contributed by atoms with E-state index >= 15 is 0 Å².